The summed E-state index contributed by atoms with van der Waals surface area (Å²) in [5.74, 6) is 0.0803. The van der Waals surface area contributed by atoms with Crippen molar-refractivity contribution in [3.8, 4) is 0 Å². The standard InChI is InChI=1S/C12H24N2O2/c1-10(7-8-15)13-9-12(16)14-11-5-3-2-4-6-11/h10-11,13,15H,2-9H2,1H3,(H,14,16). The molecule has 1 aliphatic carbocycles. The molecule has 4 nitrogen and oxygen atoms in total. The van der Waals surface area contributed by atoms with E-state index in [1.54, 1.807) is 0 Å². The highest BCUT2D eigenvalue weighted by Crippen LogP contribution is 2.16. The van der Waals surface area contributed by atoms with Crippen LogP contribution in [-0.2, 0) is 4.79 Å². The minimum Gasteiger partial charge on any atom is -0.396 e. The average molecular weight is 228 g/mol. The number of rotatable bonds is 6. The average Bonchev–Trinajstić information content (AvgIpc) is 2.28. The van der Waals surface area contributed by atoms with E-state index in [-0.39, 0.29) is 18.6 Å². The summed E-state index contributed by atoms with van der Waals surface area (Å²) in [6.45, 7) is 2.50. The fraction of sp³-hybridized carbons (Fsp3) is 0.917. The highest BCUT2D eigenvalue weighted by Gasteiger charge is 2.15. The molecule has 1 atom stereocenters. The normalized spacial score (nSPS) is 19.4. The van der Waals surface area contributed by atoms with Gasteiger partial charge in [0.2, 0.25) is 5.91 Å². The minimum absolute atomic E-state index is 0.0803. The first-order valence-electron chi connectivity index (χ1n) is 6.36. The molecule has 1 aliphatic rings. The Morgan fingerprint density at radius 1 is 1.38 bits per heavy atom. The summed E-state index contributed by atoms with van der Waals surface area (Å²) >= 11 is 0. The molecule has 0 aromatic heterocycles. The van der Waals surface area contributed by atoms with E-state index >= 15 is 0 Å². The summed E-state index contributed by atoms with van der Waals surface area (Å²) < 4.78 is 0. The number of aliphatic hydroxyl groups is 1. The Kier molecular flexibility index (Phi) is 6.42. The summed E-state index contributed by atoms with van der Waals surface area (Å²) in [5, 5.41) is 14.9. The fourth-order valence-corrected chi connectivity index (χ4v) is 2.09. The van der Waals surface area contributed by atoms with Crippen molar-refractivity contribution in [2.75, 3.05) is 13.2 Å². The Morgan fingerprint density at radius 2 is 2.06 bits per heavy atom. The first-order chi connectivity index (χ1) is 7.72. The number of aliphatic hydroxyl groups excluding tert-OH is 1. The Morgan fingerprint density at radius 3 is 2.69 bits per heavy atom. The third kappa shape index (κ3) is 5.47. The van der Waals surface area contributed by atoms with Crippen LogP contribution in [0.3, 0.4) is 0 Å². The predicted molar refractivity (Wildman–Crippen MR) is 64.2 cm³/mol. The van der Waals surface area contributed by atoms with Gasteiger partial charge in [-0.05, 0) is 26.2 Å². The van der Waals surface area contributed by atoms with Crippen molar-refractivity contribution < 1.29 is 9.90 Å². The molecule has 0 heterocycles. The number of carbonyl (C=O) groups is 1. The maximum atomic E-state index is 11.6. The van der Waals surface area contributed by atoms with Crippen LogP contribution in [0, 0.1) is 0 Å². The second kappa shape index (κ2) is 7.63. The maximum absolute atomic E-state index is 11.6. The smallest absolute Gasteiger partial charge is 0.234 e. The van der Waals surface area contributed by atoms with Gasteiger partial charge in [-0.1, -0.05) is 19.3 Å². The van der Waals surface area contributed by atoms with Gasteiger partial charge in [0.25, 0.3) is 0 Å². The van der Waals surface area contributed by atoms with Gasteiger partial charge in [0.1, 0.15) is 0 Å². The Bertz CT molecular complexity index is 203. The SMILES string of the molecule is CC(CCO)NCC(=O)NC1CCCCC1. The van der Waals surface area contributed by atoms with E-state index in [0.717, 1.165) is 12.8 Å². The zero-order valence-corrected chi connectivity index (χ0v) is 10.2. The molecule has 0 bridgehead atoms. The molecule has 0 aromatic rings. The lowest BCUT2D eigenvalue weighted by atomic mass is 9.95. The fourth-order valence-electron chi connectivity index (χ4n) is 2.09. The molecule has 0 radical (unpaired) electrons. The third-order valence-corrected chi connectivity index (χ3v) is 3.14. The van der Waals surface area contributed by atoms with Crippen LogP contribution < -0.4 is 10.6 Å². The lowest BCUT2D eigenvalue weighted by molar-refractivity contribution is -0.121. The Labute approximate surface area is 97.8 Å². The van der Waals surface area contributed by atoms with E-state index < -0.39 is 0 Å². The number of amides is 1. The van der Waals surface area contributed by atoms with Crippen LogP contribution in [0.5, 0.6) is 0 Å². The first-order valence-corrected chi connectivity index (χ1v) is 6.36. The van der Waals surface area contributed by atoms with Crippen LogP contribution in [-0.4, -0.2) is 36.2 Å². The molecule has 0 saturated heterocycles. The van der Waals surface area contributed by atoms with Crippen molar-refractivity contribution in [3.63, 3.8) is 0 Å². The van der Waals surface area contributed by atoms with Crippen molar-refractivity contribution >= 4 is 5.91 Å². The van der Waals surface area contributed by atoms with E-state index in [0.29, 0.717) is 19.0 Å². The van der Waals surface area contributed by atoms with Gasteiger partial charge < -0.3 is 15.7 Å². The molecule has 1 saturated carbocycles. The van der Waals surface area contributed by atoms with Crippen LogP contribution in [0.25, 0.3) is 0 Å². The molecule has 1 amide bonds. The largest absolute Gasteiger partial charge is 0.396 e. The Balaban J connectivity index is 2.10. The van der Waals surface area contributed by atoms with Crippen molar-refractivity contribution in [1.82, 2.24) is 10.6 Å². The molecule has 1 unspecified atom stereocenters. The third-order valence-electron chi connectivity index (χ3n) is 3.14. The van der Waals surface area contributed by atoms with Crippen LogP contribution in [0.4, 0.5) is 0 Å². The highest BCUT2D eigenvalue weighted by atomic mass is 16.3. The second-order valence-electron chi connectivity index (χ2n) is 4.70. The second-order valence-corrected chi connectivity index (χ2v) is 4.70. The lowest BCUT2D eigenvalue weighted by Gasteiger charge is -2.23. The van der Waals surface area contributed by atoms with Crippen molar-refractivity contribution in [2.24, 2.45) is 0 Å². The summed E-state index contributed by atoms with van der Waals surface area (Å²) in [4.78, 5) is 11.6. The van der Waals surface area contributed by atoms with E-state index in [1.165, 1.54) is 19.3 Å². The number of nitrogens with one attached hydrogen (secondary N) is 2. The van der Waals surface area contributed by atoms with Gasteiger partial charge in [-0.2, -0.15) is 0 Å². The van der Waals surface area contributed by atoms with E-state index in [2.05, 4.69) is 10.6 Å². The zero-order chi connectivity index (χ0) is 11.8. The molecule has 0 spiro atoms. The first kappa shape index (κ1) is 13.5. The van der Waals surface area contributed by atoms with Crippen LogP contribution in [0.2, 0.25) is 0 Å². The van der Waals surface area contributed by atoms with E-state index in [1.807, 2.05) is 6.92 Å². The van der Waals surface area contributed by atoms with Gasteiger partial charge >= 0.3 is 0 Å². The molecular formula is C12H24N2O2. The van der Waals surface area contributed by atoms with E-state index in [4.69, 9.17) is 5.11 Å². The molecule has 94 valence electrons. The molecule has 4 heteroatoms. The van der Waals surface area contributed by atoms with E-state index in [9.17, 15) is 4.79 Å². The van der Waals surface area contributed by atoms with Crippen molar-refractivity contribution in [3.05, 3.63) is 0 Å². The summed E-state index contributed by atoms with van der Waals surface area (Å²) in [6, 6.07) is 0.582. The molecule has 1 fully saturated rings. The molecule has 16 heavy (non-hydrogen) atoms. The Hall–Kier alpha value is -0.610. The zero-order valence-electron chi connectivity index (χ0n) is 10.2. The number of hydrogen-bond acceptors (Lipinski definition) is 3. The summed E-state index contributed by atoms with van der Waals surface area (Å²) in [6.07, 6.45) is 6.71. The monoisotopic (exact) mass is 228 g/mol. The summed E-state index contributed by atoms with van der Waals surface area (Å²) in [7, 11) is 0. The van der Waals surface area contributed by atoms with Gasteiger partial charge in [0.05, 0.1) is 6.54 Å². The molecule has 0 aromatic carbocycles. The molecule has 1 rings (SSSR count). The van der Waals surface area contributed by atoms with Gasteiger partial charge in [-0.3, -0.25) is 4.79 Å². The van der Waals surface area contributed by atoms with Gasteiger partial charge in [0, 0.05) is 18.7 Å². The quantitative estimate of drug-likeness (QED) is 0.630. The predicted octanol–water partition coefficient (Wildman–Crippen LogP) is 0.796. The molecule has 0 aliphatic heterocycles. The summed E-state index contributed by atoms with van der Waals surface area (Å²) in [5.41, 5.74) is 0. The molecule has 3 N–H and O–H groups in total. The highest BCUT2D eigenvalue weighted by molar-refractivity contribution is 5.78. The maximum Gasteiger partial charge on any atom is 0.234 e. The van der Waals surface area contributed by atoms with Gasteiger partial charge in [-0.15, -0.1) is 0 Å². The lowest BCUT2D eigenvalue weighted by Crippen LogP contribution is -2.43. The van der Waals surface area contributed by atoms with Crippen molar-refractivity contribution in [2.45, 2.75) is 57.5 Å². The van der Waals surface area contributed by atoms with Crippen molar-refractivity contribution in [1.29, 1.82) is 0 Å². The van der Waals surface area contributed by atoms with Crippen LogP contribution in [0.15, 0.2) is 0 Å². The topological polar surface area (TPSA) is 61.4 Å². The van der Waals surface area contributed by atoms with Gasteiger partial charge in [-0.25, -0.2) is 0 Å². The van der Waals surface area contributed by atoms with Crippen LogP contribution >= 0.6 is 0 Å². The minimum atomic E-state index is 0.0803. The number of hydrogen-bond donors (Lipinski definition) is 3. The molecular weight excluding hydrogens is 204 g/mol. The van der Waals surface area contributed by atoms with Crippen LogP contribution in [0.1, 0.15) is 45.4 Å². The van der Waals surface area contributed by atoms with Gasteiger partial charge in [0.15, 0.2) is 0 Å². The number of carbonyl (C=O) groups excluding carboxylic acids is 1.